The zero-order valence-electron chi connectivity index (χ0n) is 8.50. The van der Waals surface area contributed by atoms with Crippen LogP contribution in [0.5, 0.6) is 11.5 Å². The van der Waals surface area contributed by atoms with Crippen LogP contribution in [0.25, 0.3) is 0 Å². The molecule has 76 valence electrons. The highest BCUT2D eigenvalue weighted by molar-refractivity contribution is 5.44. The number of benzene rings is 1. The molecule has 14 heavy (non-hydrogen) atoms. The molecule has 0 spiro atoms. The van der Waals surface area contributed by atoms with Crippen LogP contribution in [0.4, 0.5) is 0 Å². The van der Waals surface area contributed by atoms with Crippen molar-refractivity contribution in [1.29, 1.82) is 0 Å². The number of nitrogens with one attached hydrogen (secondary N) is 1. The number of hydrogen-bond acceptors (Lipinski definition) is 3. The Morgan fingerprint density at radius 3 is 2.29 bits per heavy atom. The minimum absolute atomic E-state index is 0.290. The summed E-state index contributed by atoms with van der Waals surface area (Å²) in [6, 6.07) is 3.75. The van der Waals surface area contributed by atoms with Gasteiger partial charge in [-0.1, -0.05) is 0 Å². The number of rotatable bonds is 2. The minimum atomic E-state index is 0.290. The first-order valence-electron chi connectivity index (χ1n) is 4.84. The summed E-state index contributed by atoms with van der Waals surface area (Å²) in [5.41, 5.74) is 1.74. The van der Waals surface area contributed by atoms with Crippen LogP contribution in [0, 0.1) is 13.8 Å². The van der Waals surface area contributed by atoms with E-state index in [1.165, 1.54) is 0 Å². The van der Waals surface area contributed by atoms with Crippen molar-refractivity contribution in [2.24, 2.45) is 0 Å². The van der Waals surface area contributed by atoms with Gasteiger partial charge in [0.25, 0.3) is 0 Å². The van der Waals surface area contributed by atoms with Crippen molar-refractivity contribution in [3.8, 4) is 11.5 Å². The molecule has 0 radical (unpaired) electrons. The third-order valence-electron chi connectivity index (χ3n) is 2.51. The van der Waals surface area contributed by atoms with Gasteiger partial charge in [0.05, 0.1) is 0 Å². The zero-order chi connectivity index (χ0) is 10.1. The Labute approximate surface area is 83.7 Å². The molecule has 3 nitrogen and oxygen atoms in total. The second-order valence-corrected chi connectivity index (χ2v) is 3.80. The fourth-order valence-electron chi connectivity index (χ4n) is 1.52. The quantitative estimate of drug-likeness (QED) is 0.745. The van der Waals surface area contributed by atoms with Gasteiger partial charge in [0.1, 0.15) is 17.6 Å². The average molecular weight is 193 g/mol. The number of phenols is 1. The third-order valence-corrected chi connectivity index (χ3v) is 2.51. The molecule has 1 aromatic rings. The largest absolute Gasteiger partial charge is 0.507 e. The van der Waals surface area contributed by atoms with Crippen molar-refractivity contribution in [2.75, 3.05) is 13.1 Å². The second-order valence-electron chi connectivity index (χ2n) is 3.80. The smallest absolute Gasteiger partial charge is 0.123 e. The number of aromatic hydroxyl groups is 1. The first kappa shape index (κ1) is 9.34. The number of hydrogen-bond donors (Lipinski definition) is 2. The maximum atomic E-state index is 9.57. The molecule has 0 amide bonds. The Morgan fingerprint density at radius 1 is 1.29 bits per heavy atom. The van der Waals surface area contributed by atoms with Crippen LogP contribution in [0.3, 0.4) is 0 Å². The lowest BCUT2D eigenvalue weighted by Crippen LogP contribution is -2.50. The van der Waals surface area contributed by atoms with E-state index >= 15 is 0 Å². The van der Waals surface area contributed by atoms with E-state index in [4.69, 9.17) is 4.74 Å². The predicted molar refractivity (Wildman–Crippen MR) is 54.9 cm³/mol. The topological polar surface area (TPSA) is 41.5 Å². The molecule has 2 rings (SSSR count). The number of ether oxygens (including phenoxy) is 1. The molecule has 0 aromatic heterocycles. The molecule has 0 unspecified atom stereocenters. The van der Waals surface area contributed by atoms with E-state index in [2.05, 4.69) is 5.32 Å². The standard InChI is InChI=1S/C11H15NO2/c1-7-3-9(4-8(2)11(7)13)14-10-5-12-6-10/h3-4,10,12-13H,5-6H2,1-2H3. The van der Waals surface area contributed by atoms with Crippen LogP contribution in [0.1, 0.15) is 11.1 Å². The lowest BCUT2D eigenvalue weighted by atomic mass is 10.1. The predicted octanol–water partition coefficient (Wildman–Crippen LogP) is 1.36. The van der Waals surface area contributed by atoms with Crippen molar-refractivity contribution in [1.82, 2.24) is 5.32 Å². The van der Waals surface area contributed by atoms with Crippen molar-refractivity contribution in [3.63, 3.8) is 0 Å². The molecule has 0 atom stereocenters. The lowest BCUT2D eigenvalue weighted by Gasteiger charge is -2.28. The van der Waals surface area contributed by atoms with Gasteiger partial charge in [-0.15, -0.1) is 0 Å². The molecule has 0 saturated carbocycles. The van der Waals surface area contributed by atoms with Crippen LogP contribution in [-0.2, 0) is 0 Å². The van der Waals surface area contributed by atoms with Crippen molar-refractivity contribution in [3.05, 3.63) is 23.3 Å². The summed E-state index contributed by atoms with van der Waals surface area (Å²) in [4.78, 5) is 0. The van der Waals surface area contributed by atoms with Crippen LogP contribution in [-0.4, -0.2) is 24.3 Å². The Kier molecular flexibility index (Phi) is 2.33. The molecule has 3 heteroatoms. The van der Waals surface area contributed by atoms with Gasteiger partial charge in [-0.25, -0.2) is 0 Å². The summed E-state index contributed by atoms with van der Waals surface area (Å²) in [7, 11) is 0. The molecule has 2 N–H and O–H groups in total. The van der Waals surface area contributed by atoms with Crippen molar-refractivity contribution >= 4 is 0 Å². The van der Waals surface area contributed by atoms with Crippen LogP contribution < -0.4 is 10.1 Å². The molecular weight excluding hydrogens is 178 g/mol. The monoisotopic (exact) mass is 193 g/mol. The fourth-order valence-corrected chi connectivity index (χ4v) is 1.52. The normalized spacial score (nSPS) is 16.4. The van der Waals surface area contributed by atoms with Gasteiger partial charge in [-0.3, -0.25) is 0 Å². The van der Waals surface area contributed by atoms with Gasteiger partial charge in [-0.2, -0.15) is 0 Å². The fraction of sp³-hybridized carbons (Fsp3) is 0.455. The van der Waals surface area contributed by atoms with E-state index in [-0.39, 0.29) is 0 Å². The maximum Gasteiger partial charge on any atom is 0.123 e. The van der Waals surface area contributed by atoms with Gasteiger partial charge in [0.2, 0.25) is 0 Å². The molecule has 0 aliphatic carbocycles. The number of phenolic OH excluding ortho intramolecular Hbond substituents is 1. The van der Waals surface area contributed by atoms with Gasteiger partial charge in [0, 0.05) is 13.1 Å². The summed E-state index contributed by atoms with van der Waals surface area (Å²) >= 11 is 0. The number of aryl methyl sites for hydroxylation is 2. The SMILES string of the molecule is Cc1cc(OC2CNC2)cc(C)c1O. The summed E-state index contributed by atoms with van der Waals surface area (Å²) in [6.45, 7) is 5.60. The Morgan fingerprint density at radius 2 is 1.86 bits per heavy atom. The van der Waals surface area contributed by atoms with Crippen LogP contribution in [0.15, 0.2) is 12.1 Å². The maximum absolute atomic E-state index is 9.57. The molecule has 1 aliphatic rings. The molecular formula is C11H15NO2. The highest BCUT2D eigenvalue weighted by Crippen LogP contribution is 2.27. The molecule has 1 heterocycles. The first-order valence-corrected chi connectivity index (χ1v) is 4.84. The van der Waals surface area contributed by atoms with Crippen molar-refractivity contribution in [2.45, 2.75) is 20.0 Å². The molecule has 1 aliphatic heterocycles. The summed E-state index contributed by atoms with van der Waals surface area (Å²) in [5, 5.41) is 12.7. The van der Waals surface area contributed by atoms with Gasteiger partial charge in [0.15, 0.2) is 0 Å². The molecule has 0 bridgehead atoms. The highest BCUT2D eigenvalue weighted by Gasteiger charge is 2.18. The minimum Gasteiger partial charge on any atom is -0.507 e. The molecule has 1 fully saturated rings. The van der Waals surface area contributed by atoms with E-state index in [1.54, 1.807) is 0 Å². The molecule has 1 aromatic carbocycles. The van der Waals surface area contributed by atoms with Crippen LogP contribution >= 0.6 is 0 Å². The van der Waals surface area contributed by atoms with E-state index in [0.717, 1.165) is 30.0 Å². The van der Waals surface area contributed by atoms with E-state index in [9.17, 15) is 5.11 Å². The highest BCUT2D eigenvalue weighted by atomic mass is 16.5. The van der Waals surface area contributed by atoms with Crippen LogP contribution in [0.2, 0.25) is 0 Å². The van der Waals surface area contributed by atoms with E-state index < -0.39 is 0 Å². The Bertz CT molecular complexity index is 322. The van der Waals surface area contributed by atoms with Gasteiger partial charge < -0.3 is 15.2 Å². The second kappa shape index (κ2) is 3.50. The zero-order valence-corrected chi connectivity index (χ0v) is 8.50. The van der Waals surface area contributed by atoms with Crippen molar-refractivity contribution < 1.29 is 9.84 Å². The van der Waals surface area contributed by atoms with Gasteiger partial charge >= 0.3 is 0 Å². The Balaban J connectivity index is 2.17. The van der Waals surface area contributed by atoms with Gasteiger partial charge in [-0.05, 0) is 37.1 Å². The van der Waals surface area contributed by atoms with E-state index in [1.807, 2.05) is 26.0 Å². The molecule has 1 saturated heterocycles. The van der Waals surface area contributed by atoms with E-state index in [0.29, 0.717) is 11.9 Å². The first-order chi connectivity index (χ1) is 6.66. The third kappa shape index (κ3) is 1.68. The average Bonchev–Trinajstić information content (AvgIpc) is 2.07. The lowest BCUT2D eigenvalue weighted by molar-refractivity contribution is 0.142. The summed E-state index contributed by atoms with van der Waals surface area (Å²) < 4.78 is 5.69. The Hall–Kier alpha value is -1.22. The summed E-state index contributed by atoms with van der Waals surface area (Å²) in [6.07, 6.45) is 0.290. The summed E-state index contributed by atoms with van der Waals surface area (Å²) in [5.74, 6) is 1.22.